The van der Waals surface area contributed by atoms with Gasteiger partial charge in [-0.05, 0) is 23.8 Å². The molecule has 1 N–H and O–H groups in total. The van der Waals surface area contributed by atoms with E-state index >= 15 is 0 Å². The van der Waals surface area contributed by atoms with Crippen molar-refractivity contribution in [3.8, 4) is 11.5 Å². The maximum absolute atomic E-state index is 12.8. The van der Waals surface area contributed by atoms with Gasteiger partial charge >= 0.3 is 0 Å². The summed E-state index contributed by atoms with van der Waals surface area (Å²) < 4.78 is 16.2. The average molecular weight is 418 g/mol. The predicted molar refractivity (Wildman–Crippen MR) is 108 cm³/mol. The van der Waals surface area contributed by atoms with Gasteiger partial charge in [-0.15, -0.1) is 0 Å². The number of allylic oxidation sites excluding steroid dienone is 1. The SMILES string of the molecule is COCC[NH+](CCOC)Cc1c([O-])ccc2c1O/C(=C\c1ccccc1Cl)C2=O. The fourth-order valence-electron chi connectivity index (χ4n) is 3.23. The van der Waals surface area contributed by atoms with Crippen LogP contribution in [0.5, 0.6) is 11.5 Å². The normalized spacial score (nSPS) is 14.5. The first-order valence-corrected chi connectivity index (χ1v) is 9.76. The Morgan fingerprint density at radius 1 is 1.10 bits per heavy atom. The van der Waals surface area contributed by atoms with E-state index in [2.05, 4.69) is 0 Å². The minimum absolute atomic E-state index is 0.150. The summed E-state index contributed by atoms with van der Waals surface area (Å²) in [6.45, 7) is 2.94. The molecule has 0 aromatic heterocycles. The van der Waals surface area contributed by atoms with Gasteiger partial charge in [-0.3, -0.25) is 4.79 Å². The molecule has 0 atom stereocenters. The number of benzene rings is 2. The van der Waals surface area contributed by atoms with Crippen LogP contribution in [0.3, 0.4) is 0 Å². The van der Waals surface area contributed by atoms with E-state index in [1.165, 1.54) is 12.1 Å². The summed E-state index contributed by atoms with van der Waals surface area (Å²) >= 11 is 6.20. The Morgan fingerprint density at radius 3 is 2.45 bits per heavy atom. The minimum atomic E-state index is -0.253. The molecule has 0 unspecified atom stereocenters. The molecule has 1 aliphatic rings. The van der Waals surface area contributed by atoms with E-state index in [1.54, 1.807) is 32.4 Å². The van der Waals surface area contributed by atoms with E-state index in [9.17, 15) is 9.90 Å². The van der Waals surface area contributed by atoms with Crippen LogP contribution in [-0.2, 0) is 16.0 Å². The average Bonchev–Trinajstić information content (AvgIpc) is 3.03. The molecule has 6 nitrogen and oxygen atoms in total. The van der Waals surface area contributed by atoms with Crippen molar-refractivity contribution >= 4 is 23.5 Å². The van der Waals surface area contributed by atoms with Crippen LogP contribution >= 0.6 is 11.6 Å². The van der Waals surface area contributed by atoms with Crippen LogP contribution in [0.25, 0.3) is 6.08 Å². The fourth-order valence-corrected chi connectivity index (χ4v) is 3.42. The van der Waals surface area contributed by atoms with Crippen molar-refractivity contribution in [2.45, 2.75) is 6.54 Å². The van der Waals surface area contributed by atoms with E-state index in [0.717, 1.165) is 4.90 Å². The van der Waals surface area contributed by atoms with Gasteiger partial charge in [0.05, 0.1) is 18.8 Å². The standard InChI is InChI=1S/C22H24ClNO5/c1-27-11-9-24(10-12-28-2)14-17-19(25)8-7-16-21(26)20(29-22(16)17)13-15-5-3-4-6-18(15)23/h3-8,13,25H,9-12,14H2,1-2H3/b20-13-. The lowest BCUT2D eigenvalue weighted by atomic mass is 10.0. The number of methoxy groups -OCH3 is 2. The third kappa shape index (κ3) is 4.97. The summed E-state index contributed by atoms with van der Waals surface area (Å²) in [5.41, 5.74) is 1.57. The zero-order valence-corrected chi connectivity index (χ0v) is 17.3. The van der Waals surface area contributed by atoms with Gasteiger partial charge in [0.2, 0.25) is 5.78 Å². The zero-order valence-electron chi connectivity index (χ0n) is 16.5. The molecule has 2 aromatic carbocycles. The van der Waals surface area contributed by atoms with Crippen molar-refractivity contribution in [3.05, 3.63) is 63.9 Å². The summed E-state index contributed by atoms with van der Waals surface area (Å²) in [5, 5.41) is 13.1. The summed E-state index contributed by atoms with van der Waals surface area (Å²) in [5.74, 6) is 0.0998. The Balaban J connectivity index is 1.90. The number of carbonyl (C=O) groups excluding carboxylic acids is 1. The van der Waals surface area contributed by atoms with Gasteiger partial charge < -0.3 is 24.2 Å². The minimum Gasteiger partial charge on any atom is -0.872 e. The number of hydrogen-bond acceptors (Lipinski definition) is 5. The van der Waals surface area contributed by atoms with Gasteiger partial charge in [-0.1, -0.05) is 41.6 Å². The Bertz CT molecular complexity index is 904. The number of Topliss-reactive ketones (excluding diaryl/α,β-unsaturated/α-hetero) is 1. The van der Waals surface area contributed by atoms with Crippen molar-refractivity contribution < 1.29 is 29.0 Å². The number of ether oxygens (including phenoxy) is 3. The molecule has 29 heavy (non-hydrogen) atoms. The molecule has 0 aliphatic carbocycles. The highest BCUT2D eigenvalue weighted by Gasteiger charge is 2.31. The van der Waals surface area contributed by atoms with Crippen LogP contribution in [0.15, 0.2) is 42.2 Å². The second-order valence-electron chi connectivity index (χ2n) is 6.79. The molecule has 0 fully saturated rings. The zero-order chi connectivity index (χ0) is 20.8. The largest absolute Gasteiger partial charge is 0.872 e. The first-order valence-electron chi connectivity index (χ1n) is 9.38. The van der Waals surface area contributed by atoms with E-state index < -0.39 is 0 Å². The number of halogens is 1. The van der Waals surface area contributed by atoms with Crippen molar-refractivity contribution in [2.75, 3.05) is 40.5 Å². The molecule has 0 spiro atoms. The van der Waals surface area contributed by atoms with Gasteiger partial charge in [-0.2, -0.15) is 0 Å². The molecular weight excluding hydrogens is 394 g/mol. The van der Waals surface area contributed by atoms with Crippen LogP contribution in [0.4, 0.5) is 0 Å². The molecule has 154 valence electrons. The smallest absolute Gasteiger partial charge is 0.231 e. The maximum atomic E-state index is 12.8. The van der Waals surface area contributed by atoms with Crippen LogP contribution in [0, 0.1) is 0 Å². The monoisotopic (exact) mass is 417 g/mol. The Kier molecular flexibility index (Phi) is 7.28. The van der Waals surface area contributed by atoms with Gasteiger partial charge in [-0.25, -0.2) is 0 Å². The molecule has 0 bridgehead atoms. The number of quaternary nitrogens is 1. The third-order valence-corrected chi connectivity index (χ3v) is 5.18. The summed E-state index contributed by atoms with van der Waals surface area (Å²) in [6.07, 6.45) is 1.61. The third-order valence-electron chi connectivity index (χ3n) is 4.84. The second-order valence-corrected chi connectivity index (χ2v) is 7.20. The molecule has 2 aromatic rings. The lowest BCUT2D eigenvalue weighted by Crippen LogP contribution is -3.11. The van der Waals surface area contributed by atoms with Crippen LogP contribution in [-0.4, -0.2) is 46.3 Å². The van der Waals surface area contributed by atoms with Gasteiger partial charge in [0, 0.05) is 24.8 Å². The van der Waals surface area contributed by atoms with Crippen molar-refractivity contribution in [3.63, 3.8) is 0 Å². The molecule has 0 amide bonds. The van der Waals surface area contributed by atoms with Crippen LogP contribution in [0.1, 0.15) is 21.5 Å². The first kappa shape index (κ1) is 21.3. The van der Waals surface area contributed by atoms with Crippen LogP contribution < -0.4 is 14.7 Å². The fraction of sp³-hybridized carbons (Fsp3) is 0.318. The molecule has 0 saturated heterocycles. The Hall–Kier alpha value is -2.38. The van der Waals surface area contributed by atoms with E-state index in [0.29, 0.717) is 60.3 Å². The van der Waals surface area contributed by atoms with E-state index in [4.69, 9.17) is 25.8 Å². The predicted octanol–water partition coefficient (Wildman–Crippen LogP) is 1.71. The van der Waals surface area contributed by atoms with Gasteiger partial charge in [0.25, 0.3) is 0 Å². The second kappa shape index (κ2) is 9.89. The number of hydrogen-bond donors (Lipinski definition) is 1. The first-order chi connectivity index (χ1) is 14.0. The molecule has 3 rings (SSSR count). The lowest BCUT2D eigenvalue weighted by molar-refractivity contribution is -0.914. The lowest BCUT2D eigenvalue weighted by Gasteiger charge is -2.23. The molecule has 1 aliphatic heterocycles. The molecule has 7 heteroatoms. The molecule has 1 heterocycles. The van der Waals surface area contributed by atoms with Crippen molar-refractivity contribution in [2.24, 2.45) is 0 Å². The highest BCUT2D eigenvalue weighted by Crippen LogP contribution is 2.38. The highest BCUT2D eigenvalue weighted by molar-refractivity contribution is 6.32. The Morgan fingerprint density at radius 2 is 1.79 bits per heavy atom. The molecule has 0 saturated carbocycles. The van der Waals surface area contributed by atoms with Crippen molar-refractivity contribution in [1.29, 1.82) is 0 Å². The topological polar surface area (TPSA) is 72.3 Å². The summed E-state index contributed by atoms with van der Waals surface area (Å²) in [4.78, 5) is 13.9. The van der Waals surface area contributed by atoms with Gasteiger partial charge in [0.1, 0.15) is 25.4 Å². The molecular formula is C22H24ClNO5. The highest BCUT2D eigenvalue weighted by atomic mass is 35.5. The molecule has 0 radical (unpaired) electrons. The maximum Gasteiger partial charge on any atom is 0.231 e. The van der Waals surface area contributed by atoms with Crippen LogP contribution in [0.2, 0.25) is 5.02 Å². The quantitative estimate of drug-likeness (QED) is 0.629. The van der Waals surface area contributed by atoms with Gasteiger partial charge in [0.15, 0.2) is 5.76 Å². The van der Waals surface area contributed by atoms with Crippen molar-refractivity contribution in [1.82, 2.24) is 0 Å². The van der Waals surface area contributed by atoms with E-state index in [-0.39, 0.29) is 17.3 Å². The summed E-state index contributed by atoms with van der Waals surface area (Å²) in [7, 11) is 3.28. The Labute approximate surface area is 175 Å². The van der Waals surface area contributed by atoms with E-state index in [1.807, 2.05) is 12.1 Å². The number of fused-ring (bicyclic) bond motifs is 1. The number of rotatable bonds is 9. The number of carbonyl (C=O) groups is 1. The summed E-state index contributed by atoms with van der Waals surface area (Å²) in [6, 6.07) is 10.2. The number of ketones is 1. The number of nitrogens with one attached hydrogen (secondary N) is 1.